The molecular weight excluding hydrogens is 308 g/mol. The van der Waals surface area contributed by atoms with Crippen molar-refractivity contribution in [1.29, 1.82) is 0 Å². The Morgan fingerprint density at radius 3 is 2.42 bits per heavy atom. The minimum Gasteiger partial charge on any atom is -0.298 e. The van der Waals surface area contributed by atoms with Gasteiger partial charge in [-0.3, -0.25) is 18.5 Å². The predicted molar refractivity (Wildman–Crippen MR) is 91.6 cm³/mol. The fourth-order valence-corrected chi connectivity index (χ4v) is 2.85. The van der Waals surface area contributed by atoms with E-state index in [4.69, 9.17) is 0 Å². The van der Waals surface area contributed by atoms with Gasteiger partial charge in [0.2, 0.25) is 5.95 Å². The van der Waals surface area contributed by atoms with Crippen LogP contribution in [0.3, 0.4) is 0 Å². The van der Waals surface area contributed by atoms with Crippen LogP contribution < -0.4 is 11.2 Å². The second-order valence-electron chi connectivity index (χ2n) is 6.17. The SMILES string of the molecule is C=C(C)Cn1c(-n2nc(C)cc2C)nc2c1c(=O)n(C)c(=O)n2C. The minimum absolute atomic E-state index is 0.340. The van der Waals surface area contributed by atoms with Crippen LogP contribution in [-0.2, 0) is 20.6 Å². The van der Waals surface area contributed by atoms with E-state index in [1.807, 2.05) is 26.8 Å². The van der Waals surface area contributed by atoms with Crippen LogP contribution in [0.1, 0.15) is 18.3 Å². The Labute approximate surface area is 138 Å². The first-order chi connectivity index (χ1) is 11.2. The molecular formula is C16H20N6O2. The van der Waals surface area contributed by atoms with E-state index in [0.29, 0.717) is 23.7 Å². The van der Waals surface area contributed by atoms with E-state index in [9.17, 15) is 9.59 Å². The molecule has 0 aliphatic carbocycles. The molecule has 0 saturated carbocycles. The Morgan fingerprint density at radius 1 is 1.21 bits per heavy atom. The number of nitrogens with zero attached hydrogens (tertiary/aromatic N) is 6. The molecule has 3 aromatic rings. The van der Waals surface area contributed by atoms with Crippen molar-refractivity contribution in [2.75, 3.05) is 0 Å². The van der Waals surface area contributed by atoms with Crippen LogP contribution in [-0.4, -0.2) is 28.5 Å². The average molecular weight is 328 g/mol. The third-order valence-corrected chi connectivity index (χ3v) is 3.95. The van der Waals surface area contributed by atoms with Gasteiger partial charge in [0.15, 0.2) is 11.2 Å². The molecule has 0 aromatic carbocycles. The average Bonchev–Trinajstić information content (AvgIpc) is 3.02. The third kappa shape index (κ3) is 2.22. The fourth-order valence-electron chi connectivity index (χ4n) is 2.85. The summed E-state index contributed by atoms with van der Waals surface area (Å²) in [5.41, 5.74) is 2.53. The molecule has 126 valence electrons. The number of allylic oxidation sites excluding steroid dienone is 1. The number of hydrogen-bond donors (Lipinski definition) is 0. The molecule has 0 N–H and O–H groups in total. The normalized spacial score (nSPS) is 11.4. The molecule has 0 aliphatic rings. The molecule has 0 unspecified atom stereocenters. The standard InChI is InChI=1S/C16H20N6O2/c1-9(2)8-21-12-13(19(5)16(24)20(6)14(12)23)17-15(21)22-11(4)7-10(3)18-22/h7H,1,8H2,2-6H3. The topological polar surface area (TPSA) is 79.6 Å². The van der Waals surface area contributed by atoms with Crippen molar-refractivity contribution in [3.63, 3.8) is 0 Å². The summed E-state index contributed by atoms with van der Waals surface area (Å²) in [5.74, 6) is 0.497. The fraction of sp³-hybridized carbons (Fsp3) is 0.375. The van der Waals surface area contributed by atoms with Crippen molar-refractivity contribution in [3.05, 3.63) is 50.4 Å². The lowest BCUT2D eigenvalue weighted by Crippen LogP contribution is -2.37. The zero-order valence-electron chi connectivity index (χ0n) is 14.5. The summed E-state index contributed by atoms with van der Waals surface area (Å²) in [7, 11) is 3.07. The Balaban J connectivity index is 2.51. The van der Waals surface area contributed by atoms with Crippen LogP contribution in [0, 0.1) is 13.8 Å². The lowest BCUT2D eigenvalue weighted by Gasteiger charge is -2.10. The van der Waals surface area contributed by atoms with Crippen molar-refractivity contribution in [3.8, 4) is 5.95 Å². The maximum atomic E-state index is 12.7. The molecule has 3 aromatic heterocycles. The van der Waals surface area contributed by atoms with E-state index in [2.05, 4.69) is 16.7 Å². The second-order valence-corrected chi connectivity index (χ2v) is 6.17. The molecule has 3 heterocycles. The predicted octanol–water partition coefficient (Wildman–Crippen LogP) is 0.812. The van der Waals surface area contributed by atoms with Gasteiger partial charge in [-0.15, -0.1) is 0 Å². The zero-order valence-corrected chi connectivity index (χ0v) is 14.5. The van der Waals surface area contributed by atoms with Crippen LogP contribution in [0.15, 0.2) is 27.8 Å². The molecule has 0 fully saturated rings. The highest BCUT2D eigenvalue weighted by molar-refractivity contribution is 5.72. The van der Waals surface area contributed by atoms with Gasteiger partial charge in [-0.1, -0.05) is 12.2 Å². The zero-order chi connectivity index (χ0) is 17.8. The van der Waals surface area contributed by atoms with Gasteiger partial charge in [0.25, 0.3) is 5.56 Å². The highest BCUT2D eigenvalue weighted by atomic mass is 16.2. The van der Waals surface area contributed by atoms with Gasteiger partial charge in [0, 0.05) is 26.3 Å². The second kappa shape index (κ2) is 5.33. The van der Waals surface area contributed by atoms with Crippen molar-refractivity contribution in [2.45, 2.75) is 27.3 Å². The molecule has 3 rings (SSSR count). The molecule has 8 nitrogen and oxygen atoms in total. The highest BCUT2D eigenvalue weighted by Gasteiger charge is 2.21. The van der Waals surface area contributed by atoms with Gasteiger partial charge in [-0.05, 0) is 26.8 Å². The van der Waals surface area contributed by atoms with Crippen molar-refractivity contribution < 1.29 is 0 Å². The molecule has 0 aliphatic heterocycles. The molecule has 0 spiro atoms. The molecule has 24 heavy (non-hydrogen) atoms. The van der Waals surface area contributed by atoms with Gasteiger partial charge in [0.1, 0.15) is 0 Å². The highest BCUT2D eigenvalue weighted by Crippen LogP contribution is 2.18. The first-order valence-electron chi connectivity index (χ1n) is 7.56. The van der Waals surface area contributed by atoms with Crippen LogP contribution in [0.25, 0.3) is 17.1 Å². The largest absolute Gasteiger partial charge is 0.332 e. The van der Waals surface area contributed by atoms with Gasteiger partial charge < -0.3 is 0 Å². The molecule has 8 heteroatoms. The Bertz CT molecular complexity index is 1090. The van der Waals surface area contributed by atoms with Crippen LogP contribution >= 0.6 is 0 Å². The van der Waals surface area contributed by atoms with E-state index in [1.54, 1.807) is 16.3 Å². The van der Waals surface area contributed by atoms with Crippen LogP contribution in [0.5, 0.6) is 0 Å². The molecule has 0 atom stereocenters. The van der Waals surface area contributed by atoms with Crippen molar-refractivity contribution in [1.82, 2.24) is 28.5 Å². The van der Waals surface area contributed by atoms with Crippen LogP contribution in [0.2, 0.25) is 0 Å². The number of fused-ring (bicyclic) bond motifs is 1. The monoisotopic (exact) mass is 328 g/mol. The summed E-state index contributed by atoms with van der Waals surface area (Å²) in [6.07, 6.45) is 0. The van der Waals surface area contributed by atoms with Gasteiger partial charge in [-0.25, -0.2) is 9.48 Å². The first-order valence-corrected chi connectivity index (χ1v) is 7.56. The third-order valence-electron chi connectivity index (χ3n) is 3.95. The van der Waals surface area contributed by atoms with E-state index >= 15 is 0 Å². The summed E-state index contributed by atoms with van der Waals surface area (Å²) >= 11 is 0. The summed E-state index contributed by atoms with van der Waals surface area (Å²) < 4.78 is 5.91. The van der Waals surface area contributed by atoms with E-state index < -0.39 is 5.69 Å². The summed E-state index contributed by atoms with van der Waals surface area (Å²) in [6.45, 7) is 10.0. The number of rotatable bonds is 3. The number of aromatic nitrogens is 6. The number of aryl methyl sites for hydroxylation is 3. The molecule has 0 saturated heterocycles. The maximum absolute atomic E-state index is 12.7. The molecule has 0 amide bonds. The maximum Gasteiger partial charge on any atom is 0.332 e. The molecule has 0 radical (unpaired) electrons. The van der Waals surface area contributed by atoms with Gasteiger partial charge >= 0.3 is 5.69 Å². The lowest BCUT2D eigenvalue weighted by molar-refractivity contribution is 0.687. The van der Waals surface area contributed by atoms with Crippen molar-refractivity contribution in [2.24, 2.45) is 14.1 Å². The smallest absolute Gasteiger partial charge is 0.298 e. The molecule has 0 bridgehead atoms. The van der Waals surface area contributed by atoms with Crippen LogP contribution in [0.4, 0.5) is 0 Å². The Morgan fingerprint density at radius 2 is 1.88 bits per heavy atom. The number of hydrogen-bond acceptors (Lipinski definition) is 4. The van der Waals surface area contributed by atoms with Gasteiger partial charge in [0.05, 0.1) is 5.69 Å². The van der Waals surface area contributed by atoms with E-state index in [1.165, 1.54) is 11.6 Å². The number of imidazole rings is 1. The lowest BCUT2D eigenvalue weighted by atomic mass is 10.3. The van der Waals surface area contributed by atoms with Crippen molar-refractivity contribution >= 4 is 11.2 Å². The van der Waals surface area contributed by atoms with E-state index in [0.717, 1.165) is 21.5 Å². The van der Waals surface area contributed by atoms with Gasteiger partial charge in [-0.2, -0.15) is 10.1 Å². The summed E-state index contributed by atoms with van der Waals surface area (Å²) in [6, 6.07) is 1.93. The summed E-state index contributed by atoms with van der Waals surface area (Å²) in [4.78, 5) is 29.4. The Hall–Kier alpha value is -2.90. The summed E-state index contributed by atoms with van der Waals surface area (Å²) in [5, 5.41) is 4.46. The quantitative estimate of drug-likeness (QED) is 0.667. The Kier molecular flexibility index (Phi) is 3.55. The minimum atomic E-state index is -0.410. The first kappa shape index (κ1) is 16.0. The van der Waals surface area contributed by atoms with E-state index in [-0.39, 0.29) is 5.56 Å².